The van der Waals surface area contributed by atoms with Gasteiger partial charge in [-0.1, -0.05) is 83.4 Å². The van der Waals surface area contributed by atoms with Gasteiger partial charge in [0.1, 0.15) is 12.6 Å². The summed E-state index contributed by atoms with van der Waals surface area (Å²) in [6.45, 7) is 5.19. The maximum atomic E-state index is 14.0. The van der Waals surface area contributed by atoms with Crippen molar-refractivity contribution in [1.29, 1.82) is 0 Å². The van der Waals surface area contributed by atoms with Crippen molar-refractivity contribution in [3.63, 3.8) is 0 Å². The molecule has 3 rings (SSSR count). The van der Waals surface area contributed by atoms with Crippen molar-refractivity contribution in [1.82, 2.24) is 10.2 Å². The highest BCUT2D eigenvalue weighted by atomic mass is 35.5. The van der Waals surface area contributed by atoms with E-state index in [0.29, 0.717) is 5.02 Å². The van der Waals surface area contributed by atoms with Crippen molar-refractivity contribution < 1.29 is 18.0 Å². The number of hydrogen-bond donors (Lipinski definition) is 1. The van der Waals surface area contributed by atoms with E-state index in [-0.39, 0.29) is 35.6 Å². The molecule has 1 atom stereocenters. The van der Waals surface area contributed by atoms with Crippen molar-refractivity contribution in [2.75, 3.05) is 17.1 Å². The summed E-state index contributed by atoms with van der Waals surface area (Å²) in [5.41, 5.74) is 2.80. The standard InChI is InChI=1S/C29H33Cl2N3O4S/c1-20(2)32-29(36)27(16-22-10-6-5-7-11-22)33(18-23-12-8-9-21(3)15-23)28(35)19-34(39(4,37)38)26-14-13-24(30)17-25(26)31/h5-15,17,20,27H,16,18-19H2,1-4H3,(H,32,36)/t27-/m1/s1. The molecule has 39 heavy (non-hydrogen) atoms. The Morgan fingerprint density at radius 3 is 2.18 bits per heavy atom. The number of sulfonamides is 1. The van der Waals surface area contributed by atoms with Crippen LogP contribution in [0.25, 0.3) is 0 Å². The van der Waals surface area contributed by atoms with E-state index in [2.05, 4.69) is 5.32 Å². The molecule has 10 heteroatoms. The smallest absolute Gasteiger partial charge is 0.244 e. The molecule has 2 amide bonds. The third kappa shape index (κ3) is 8.71. The van der Waals surface area contributed by atoms with Crippen molar-refractivity contribution in [3.8, 4) is 0 Å². The van der Waals surface area contributed by atoms with Crippen LogP contribution in [0.3, 0.4) is 0 Å². The van der Waals surface area contributed by atoms with Crippen molar-refractivity contribution >= 4 is 50.7 Å². The lowest BCUT2D eigenvalue weighted by Crippen LogP contribution is -2.54. The van der Waals surface area contributed by atoms with Gasteiger partial charge in [-0.05, 0) is 50.1 Å². The Bertz CT molecular complexity index is 1420. The van der Waals surface area contributed by atoms with Crippen molar-refractivity contribution in [2.45, 2.75) is 45.8 Å². The second-order valence-corrected chi connectivity index (χ2v) is 12.5. The van der Waals surface area contributed by atoms with Gasteiger partial charge >= 0.3 is 0 Å². The molecule has 3 aromatic rings. The lowest BCUT2D eigenvalue weighted by molar-refractivity contribution is -0.140. The zero-order chi connectivity index (χ0) is 28.7. The number of nitrogens with one attached hydrogen (secondary N) is 1. The molecule has 0 radical (unpaired) electrons. The minimum absolute atomic E-state index is 0.0874. The lowest BCUT2D eigenvalue weighted by Gasteiger charge is -2.34. The topological polar surface area (TPSA) is 86.8 Å². The number of carbonyl (C=O) groups excluding carboxylic acids is 2. The molecule has 0 fully saturated rings. The first kappa shape index (κ1) is 30.5. The van der Waals surface area contributed by atoms with E-state index in [9.17, 15) is 18.0 Å². The van der Waals surface area contributed by atoms with Crippen LogP contribution in [-0.2, 0) is 32.6 Å². The molecule has 7 nitrogen and oxygen atoms in total. The average Bonchev–Trinajstić information content (AvgIpc) is 2.84. The van der Waals surface area contributed by atoms with Gasteiger partial charge in [-0.25, -0.2) is 8.42 Å². The largest absolute Gasteiger partial charge is 0.352 e. The molecule has 0 aliphatic rings. The molecular weight excluding hydrogens is 557 g/mol. The fourth-order valence-electron chi connectivity index (χ4n) is 4.22. The summed E-state index contributed by atoms with van der Waals surface area (Å²) in [5.74, 6) is -0.877. The Labute approximate surface area is 240 Å². The third-order valence-electron chi connectivity index (χ3n) is 6.00. The molecule has 3 aromatic carbocycles. The molecule has 0 aliphatic carbocycles. The van der Waals surface area contributed by atoms with Crippen LogP contribution in [0.1, 0.15) is 30.5 Å². The number of nitrogens with zero attached hydrogens (tertiary/aromatic N) is 2. The van der Waals surface area contributed by atoms with Gasteiger partial charge in [0.25, 0.3) is 0 Å². The van der Waals surface area contributed by atoms with E-state index >= 15 is 0 Å². The van der Waals surface area contributed by atoms with Crippen molar-refractivity contribution in [2.24, 2.45) is 0 Å². The predicted molar refractivity (Wildman–Crippen MR) is 158 cm³/mol. The number of aryl methyl sites for hydroxylation is 1. The SMILES string of the molecule is Cc1cccc(CN(C(=O)CN(c2ccc(Cl)cc2Cl)S(C)(=O)=O)[C@H](Cc2ccccc2)C(=O)NC(C)C)c1. The quantitative estimate of drug-likeness (QED) is 0.331. The second-order valence-electron chi connectivity index (χ2n) is 9.74. The van der Waals surface area contributed by atoms with Crippen LogP contribution in [0.5, 0.6) is 0 Å². The van der Waals surface area contributed by atoms with E-state index in [4.69, 9.17) is 23.2 Å². The van der Waals surface area contributed by atoms with Gasteiger partial charge in [0, 0.05) is 24.0 Å². The van der Waals surface area contributed by atoms with Gasteiger partial charge in [0.2, 0.25) is 21.8 Å². The van der Waals surface area contributed by atoms with Crippen LogP contribution >= 0.6 is 23.2 Å². The lowest BCUT2D eigenvalue weighted by atomic mass is 10.0. The summed E-state index contributed by atoms with van der Waals surface area (Å²) < 4.78 is 26.7. The zero-order valence-corrected chi connectivity index (χ0v) is 24.7. The second kappa shape index (κ2) is 13.3. The van der Waals surface area contributed by atoms with Gasteiger partial charge in [0.05, 0.1) is 17.0 Å². The van der Waals surface area contributed by atoms with Crippen molar-refractivity contribution in [3.05, 3.63) is 99.5 Å². The average molecular weight is 591 g/mol. The summed E-state index contributed by atoms with van der Waals surface area (Å²) >= 11 is 12.4. The molecule has 0 bridgehead atoms. The first-order valence-corrected chi connectivity index (χ1v) is 15.1. The zero-order valence-electron chi connectivity index (χ0n) is 22.4. The third-order valence-corrected chi connectivity index (χ3v) is 7.66. The van der Waals surface area contributed by atoms with Crippen LogP contribution in [0.15, 0.2) is 72.8 Å². The first-order valence-electron chi connectivity index (χ1n) is 12.5. The fraction of sp³-hybridized carbons (Fsp3) is 0.310. The monoisotopic (exact) mass is 589 g/mol. The number of amides is 2. The summed E-state index contributed by atoms with van der Waals surface area (Å²) in [7, 11) is -3.93. The number of carbonyl (C=O) groups is 2. The molecule has 1 N–H and O–H groups in total. The Balaban J connectivity index is 2.07. The molecule has 0 heterocycles. The summed E-state index contributed by atoms with van der Waals surface area (Å²) in [6, 6.07) is 20.3. The molecule has 0 aliphatic heterocycles. The highest BCUT2D eigenvalue weighted by molar-refractivity contribution is 7.92. The van der Waals surface area contributed by atoms with Gasteiger partial charge in [-0.15, -0.1) is 0 Å². The van der Waals surface area contributed by atoms with E-state index < -0.39 is 28.5 Å². The predicted octanol–water partition coefficient (Wildman–Crippen LogP) is 5.23. The van der Waals surface area contributed by atoms with Crippen LogP contribution in [0.4, 0.5) is 5.69 Å². The van der Waals surface area contributed by atoms with Crippen LogP contribution in [0, 0.1) is 6.92 Å². The molecule has 0 spiro atoms. The van der Waals surface area contributed by atoms with Gasteiger partial charge < -0.3 is 10.2 Å². The van der Waals surface area contributed by atoms with Crippen LogP contribution < -0.4 is 9.62 Å². The Kier molecular flexibility index (Phi) is 10.4. The number of anilines is 1. The normalized spacial score (nSPS) is 12.2. The Morgan fingerprint density at radius 2 is 1.59 bits per heavy atom. The molecule has 0 saturated carbocycles. The Morgan fingerprint density at radius 1 is 0.923 bits per heavy atom. The Hall–Kier alpha value is -3.07. The molecule has 0 saturated heterocycles. The minimum atomic E-state index is -3.93. The fourth-order valence-corrected chi connectivity index (χ4v) is 5.64. The molecular formula is C29H33Cl2N3O4S. The van der Waals surface area contributed by atoms with Gasteiger partial charge in [-0.3, -0.25) is 13.9 Å². The highest BCUT2D eigenvalue weighted by Crippen LogP contribution is 2.30. The summed E-state index contributed by atoms with van der Waals surface area (Å²) in [4.78, 5) is 29.0. The minimum Gasteiger partial charge on any atom is -0.352 e. The number of halogens is 2. The van der Waals surface area contributed by atoms with Gasteiger partial charge in [0.15, 0.2) is 0 Å². The van der Waals surface area contributed by atoms with E-state index in [0.717, 1.165) is 27.3 Å². The molecule has 0 aromatic heterocycles. The molecule has 208 valence electrons. The van der Waals surface area contributed by atoms with E-state index in [1.807, 2.05) is 75.4 Å². The molecule has 0 unspecified atom stereocenters. The number of rotatable bonds is 11. The highest BCUT2D eigenvalue weighted by Gasteiger charge is 2.33. The van der Waals surface area contributed by atoms with E-state index in [1.165, 1.54) is 23.1 Å². The van der Waals surface area contributed by atoms with E-state index in [1.54, 1.807) is 0 Å². The van der Waals surface area contributed by atoms with Crippen LogP contribution in [-0.4, -0.2) is 50.0 Å². The van der Waals surface area contributed by atoms with Crippen LogP contribution in [0.2, 0.25) is 10.0 Å². The first-order chi connectivity index (χ1) is 18.3. The summed E-state index contributed by atoms with van der Waals surface area (Å²) in [5, 5.41) is 3.34. The number of benzene rings is 3. The summed E-state index contributed by atoms with van der Waals surface area (Å²) in [6.07, 6.45) is 1.25. The van der Waals surface area contributed by atoms with Gasteiger partial charge in [-0.2, -0.15) is 0 Å². The maximum absolute atomic E-state index is 14.0. The number of hydrogen-bond acceptors (Lipinski definition) is 4. The maximum Gasteiger partial charge on any atom is 0.244 e.